The van der Waals surface area contributed by atoms with Crippen molar-refractivity contribution in [3.05, 3.63) is 0 Å². The van der Waals surface area contributed by atoms with E-state index in [1.165, 1.54) is 25.8 Å². The summed E-state index contributed by atoms with van der Waals surface area (Å²) < 4.78 is 5.95. The minimum atomic E-state index is 0.105. The van der Waals surface area contributed by atoms with Gasteiger partial charge in [-0.25, -0.2) is 0 Å². The van der Waals surface area contributed by atoms with Gasteiger partial charge in [-0.05, 0) is 59.3 Å². The molecule has 0 bridgehead atoms. The molecule has 0 aromatic carbocycles. The van der Waals surface area contributed by atoms with Crippen LogP contribution in [0.15, 0.2) is 0 Å². The van der Waals surface area contributed by atoms with E-state index in [0.29, 0.717) is 6.10 Å². The minimum absolute atomic E-state index is 0.105. The molecule has 0 radical (unpaired) electrons. The van der Waals surface area contributed by atoms with Gasteiger partial charge in [0, 0.05) is 6.54 Å². The zero-order valence-electron chi connectivity index (χ0n) is 12.1. The Morgan fingerprint density at radius 3 is 2.53 bits per heavy atom. The van der Waals surface area contributed by atoms with E-state index in [4.69, 9.17) is 4.74 Å². The third kappa shape index (κ3) is 5.84. The summed E-state index contributed by atoms with van der Waals surface area (Å²) in [5, 5.41) is 3.52. The molecule has 17 heavy (non-hydrogen) atoms. The van der Waals surface area contributed by atoms with Crippen LogP contribution in [0.4, 0.5) is 0 Å². The second-order valence-corrected chi connectivity index (χ2v) is 5.62. The highest BCUT2D eigenvalue weighted by Crippen LogP contribution is 2.28. The Morgan fingerprint density at radius 1 is 1.29 bits per heavy atom. The summed E-state index contributed by atoms with van der Waals surface area (Å²) in [5.41, 5.74) is 0.105. The molecule has 1 rings (SSSR count). The van der Waals surface area contributed by atoms with Crippen molar-refractivity contribution in [2.24, 2.45) is 0 Å². The Labute approximate surface area is 107 Å². The van der Waals surface area contributed by atoms with E-state index in [9.17, 15) is 0 Å². The van der Waals surface area contributed by atoms with E-state index >= 15 is 0 Å². The van der Waals surface area contributed by atoms with Crippen molar-refractivity contribution in [3.8, 4) is 0 Å². The third-order valence-corrected chi connectivity index (χ3v) is 3.65. The number of hydrogen-bond acceptors (Lipinski definition) is 3. The topological polar surface area (TPSA) is 24.5 Å². The number of nitrogens with zero attached hydrogens (tertiary/aromatic N) is 1. The van der Waals surface area contributed by atoms with Crippen molar-refractivity contribution in [1.82, 2.24) is 10.2 Å². The van der Waals surface area contributed by atoms with E-state index < -0.39 is 0 Å². The molecule has 0 saturated carbocycles. The van der Waals surface area contributed by atoms with Gasteiger partial charge in [-0.15, -0.1) is 0 Å². The highest BCUT2D eigenvalue weighted by Gasteiger charge is 2.30. The van der Waals surface area contributed by atoms with E-state index in [0.717, 1.165) is 26.2 Å². The molecule has 0 aromatic heterocycles. The van der Waals surface area contributed by atoms with Crippen LogP contribution in [0.1, 0.15) is 47.0 Å². The largest absolute Gasteiger partial charge is 0.371 e. The van der Waals surface area contributed by atoms with E-state index in [1.54, 1.807) is 0 Å². The van der Waals surface area contributed by atoms with Crippen LogP contribution in [0.5, 0.6) is 0 Å². The molecule has 1 atom stereocenters. The summed E-state index contributed by atoms with van der Waals surface area (Å²) in [6, 6.07) is 0. The predicted octanol–water partition coefficient (Wildman–Crippen LogP) is 2.27. The molecular formula is C14H30N2O. The van der Waals surface area contributed by atoms with Crippen LogP contribution in [0, 0.1) is 0 Å². The standard InChI is InChI=1S/C14H30N2O/c1-5-16(6-2)11-7-10-15-12-13-8-9-14(3,4)17-13/h13,15H,5-12H2,1-4H3. The number of ether oxygens (including phenoxy) is 1. The zero-order chi connectivity index (χ0) is 12.7. The lowest BCUT2D eigenvalue weighted by Gasteiger charge is -2.20. The average Bonchev–Trinajstić information content (AvgIpc) is 2.63. The van der Waals surface area contributed by atoms with Crippen molar-refractivity contribution >= 4 is 0 Å². The van der Waals surface area contributed by atoms with Gasteiger partial charge in [-0.2, -0.15) is 0 Å². The van der Waals surface area contributed by atoms with Crippen LogP contribution in [0.2, 0.25) is 0 Å². The van der Waals surface area contributed by atoms with Gasteiger partial charge >= 0.3 is 0 Å². The third-order valence-electron chi connectivity index (χ3n) is 3.65. The van der Waals surface area contributed by atoms with E-state index in [1.807, 2.05) is 0 Å². The molecule has 1 unspecified atom stereocenters. The number of rotatable bonds is 8. The van der Waals surface area contributed by atoms with Crippen LogP contribution < -0.4 is 5.32 Å². The second kappa shape index (κ2) is 7.34. The Kier molecular flexibility index (Phi) is 6.45. The summed E-state index contributed by atoms with van der Waals surface area (Å²) >= 11 is 0. The Bertz CT molecular complexity index is 202. The smallest absolute Gasteiger partial charge is 0.0707 e. The lowest BCUT2D eigenvalue weighted by molar-refractivity contribution is -0.0141. The lowest BCUT2D eigenvalue weighted by atomic mass is 10.1. The van der Waals surface area contributed by atoms with Crippen LogP contribution in [-0.4, -0.2) is 49.3 Å². The first-order valence-electron chi connectivity index (χ1n) is 7.18. The Hall–Kier alpha value is -0.120. The molecule has 1 heterocycles. The summed E-state index contributed by atoms with van der Waals surface area (Å²) in [6.07, 6.45) is 4.06. The van der Waals surface area contributed by atoms with Crippen LogP contribution in [-0.2, 0) is 4.74 Å². The van der Waals surface area contributed by atoms with Gasteiger partial charge in [0.2, 0.25) is 0 Å². The van der Waals surface area contributed by atoms with Gasteiger partial charge in [0.15, 0.2) is 0 Å². The highest BCUT2D eigenvalue weighted by molar-refractivity contribution is 4.81. The molecule has 3 heteroatoms. The van der Waals surface area contributed by atoms with Crippen LogP contribution in [0.25, 0.3) is 0 Å². The summed E-state index contributed by atoms with van der Waals surface area (Å²) in [7, 11) is 0. The first-order valence-corrected chi connectivity index (χ1v) is 7.18. The molecule has 1 fully saturated rings. The molecule has 1 aliphatic rings. The summed E-state index contributed by atoms with van der Waals surface area (Å²) in [6.45, 7) is 14.5. The first kappa shape index (κ1) is 14.9. The molecule has 0 aromatic rings. The van der Waals surface area contributed by atoms with Crippen molar-refractivity contribution in [1.29, 1.82) is 0 Å². The van der Waals surface area contributed by atoms with Gasteiger partial charge in [0.1, 0.15) is 0 Å². The normalized spacial score (nSPS) is 23.5. The van der Waals surface area contributed by atoms with Gasteiger partial charge in [-0.1, -0.05) is 13.8 Å². The Balaban J connectivity index is 1.98. The van der Waals surface area contributed by atoms with Crippen molar-refractivity contribution in [2.75, 3.05) is 32.7 Å². The maximum absolute atomic E-state index is 5.95. The maximum atomic E-state index is 5.95. The SMILES string of the molecule is CCN(CC)CCCNCC1CCC(C)(C)O1. The van der Waals surface area contributed by atoms with Crippen molar-refractivity contribution < 1.29 is 4.74 Å². The average molecular weight is 242 g/mol. The number of nitrogens with one attached hydrogen (secondary N) is 1. The molecule has 0 amide bonds. The molecular weight excluding hydrogens is 212 g/mol. The molecule has 1 saturated heterocycles. The quantitative estimate of drug-likeness (QED) is 0.661. The highest BCUT2D eigenvalue weighted by atomic mass is 16.5. The summed E-state index contributed by atoms with van der Waals surface area (Å²) in [4.78, 5) is 2.47. The van der Waals surface area contributed by atoms with E-state index in [2.05, 4.69) is 37.9 Å². The minimum Gasteiger partial charge on any atom is -0.371 e. The van der Waals surface area contributed by atoms with Gasteiger partial charge in [0.25, 0.3) is 0 Å². The zero-order valence-corrected chi connectivity index (χ0v) is 12.1. The fraction of sp³-hybridized carbons (Fsp3) is 1.00. The first-order chi connectivity index (χ1) is 8.07. The van der Waals surface area contributed by atoms with Gasteiger partial charge in [-0.3, -0.25) is 0 Å². The Morgan fingerprint density at radius 2 is 2.00 bits per heavy atom. The fourth-order valence-corrected chi connectivity index (χ4v) is 2.45. The lowest BCUT2D eigenvalue weighted by Crippen LogP contribution is -2.32. The fourth-order valence-electron chi connectivity index (χ4n) is 2.45. The predicted molar refractivity (Wildman–Crippen MR) is 73.5 cm³/mol. The van der Waals surface area contributed by atoms with E-state index in [-0.39, 0.29) is 5.60 Å². The maximum Gasteiger partial charge on any atom is 0.0707 e. The van der Waals surface area contributed by atoms with Crippen LogP contribution >= 0.6 is 0 Å². The molecule has 0 aliphatic carbocycles. The molecule has 102 valence electrons. The van der Waals surface area contributed by atoms with Gasteiger partial charge < -0.3 is 15.0 Å². The second-order valence-electron chi connectivity index (χ2n) is 5.62. The number of hydrogen-bond donors (Lipinski definition) is 1. The van der Waals surface area contributed by atoms with Gasteiger partial charge in [0.05, 0.1) is 11.7 Å². The molecule has 1 N–H and O–H groups in total. The van der Waals surface area contributed by atoms with Crippen LogP contribution in [0.3, 0.4) is 0 Å². The van der Waals surface area contributed by atoms with Crippen molar-refractivity contribution in [2.45, 2.75) is 58.7 Å². The summed E-state index contributed by atoms with van der Waals surface area (Å²) in [5.74, 6) is 0. The molecule has 3 nitrogen and oxygen atoms in total. The molecule has 1 aliphatic heterocycles. The van der Waals surface area contributed by atoms with Crippen molar-refractivity contribution in [3.63, 3.8) is 0 Å². The monoisotopic (exact) mass is 242 g/mol. The molecule has 0 spiro atoms.